The van der Waals surface area contributed by atoms with Crippen molar-refractivity contribution in [2.75, 3.05) is 0 Å². The topological polar surface area (TPSA) is 136 Å². The molecule has 0 unspecified atom stereocenters. The summed E-state index contributed by atoms with van der Waals surface area (Å²) in [7, 11) is 0. The van der Waals surface area contributed by atoms with E-state index in [1.807, 2.05) is 0 Å². The zero-order chi connectivity index (χ0) is 19.1. The van der Waals surface area contributed by atoms with E-state index in [0.29, 0.717) is 0 Å². The first-order chi connectivity index (χ1) is 12.3. The summed E-state index contributed by atoms with van der Waals surface area (Å²) in [6.07, 6.45) is -0.259. The van der Waals surface area contributed by atoms with Crippen LogP contribution in [-0.2, 0) is 20.8 Å². The summed E-state index contributed by atoms with van der Waals surface area (Å²) in [6, 6.07) is 4.81. The molecule has 0 saturated heterocycles. The zero-order valence-corrected chi connectivity index (χ0v) is 14.0. The highest BCUT2D eigenvalue weighted by atomic mass is 16.7. The summed E-state index contributed by atoms with van der Waals surface area (Å²) >= 11 is 0. The van der Waals surface area contributed by atoms with E-state index in [1.165, 1.54) is 41.6 Å². The molecule has 0 aliphatic heterocycles. The van der Waals surface area contributed by atoms with Crippen molar-refractivity contribution in [3.63, 3.8) is 0 Å². The van der Waals surface area contributed by atoms with Crippen LogP contribution in [-0.4, -0.2) is 44.0 Å². The molecule has 1 heterocycles. The number of nitrogens with zero attached hydrogens (tertiary/aromatic N) is 4. The standard InChI is InChI=1S/C15H16N4O7/c1-10(2)24-14(20)13(7-18-9-16-8-17-18)26-15(21)25-12-5-3-11(4-6-12)19(22)23/h3-6,8-10,13H,7H2,1-2H3/t13-/m1/s1. The molecule has 11 heteroatoms. The van der Waals surface area contributed by atoms with Crippen molar-refractivity contribution in [1.29, 1.82) is 0 Å². The van der Waals surface area contributed by atoms with E-state index in [2.05, 4.69) is 10.1 Å². The molecular weight excluding hydrogens is 348 g/mol. The minimum atomic E-state index is -1.30. The second-order valence-electron chi connectivity index (χ2n) is 5.31. The Morgan fingerprint density at radius 3 is 2.46 bits per heavy atom. The smallest absolute Gasteiger partial charge is 0.460 e. The van der Waals surface area contributed by atoms with Gasteiger partial charge in [0, 0.05) is 12.1 Å². The van der Waals surface area contributed by atoms with Gasteiger partial charge in [0.2, 0.25) is 6.10 Å². The second kappa shape index (κ2) is 8.55. The summed E-state index contributed by atoms with van der Waals surface area (Å²) < 4.78 is 16.3. The third kappa shape index (κ3) is 5.54. The van der Waals surface area contributed by atoms with E-state index >= 15 is 0 Å². The van der Waals surface area contributed by atoms with E-state index < -0.39 is 29.3 Å². The van der Waals surface area contributed by atoms with E-state index in [0.717, 1.165) is 0 Å². The first-order valence-corrected chi connectivity index (χ1v) is 7.51. The lowest BCUT2D eigenvalue weighted by molar-refractivity contribution is -0.384. The van der Waals surface area contributed by atoms with Gasteiger partial charge in [-0.2, -0.15) is 5.10 Å². The van der Waals surface area contributed by atoms with Gasteiger partial charge in [0.15, 0.2) is 0 Å². The Morgan fingerprint density at radius 1 is 1.23 bits per heavy atom. The predicted molar refractivity (Wildman–Crippen MR) is 85.2 cm³/mol. The maximum Gasteiger partial charge on any atom is 0.514 e. The van der Waals surface area contributed by atoms with Gasteiger partial charge < -0.3 is 14.2 Å². The summed E-state index contributed by atoms with van der Waals surface area (Å²) in [5.41, 5.74) is -0.157. The number of hydrogen-bond acceptors (Lipinski definition) is 9. The molecule has 2 aromatic rings. The maximum absolute atomic E-state index is 12.1. The fourth-order valence-electron chi connectivity index (χ4n) is 1.84. The normalized spacial score (nSPS) is 11.7. The fourth-order valence-corrected chi connectivity index (χ4v) is 1.84. The van der Waals surface area contributed by atoms with E-state index in [4.69, 9.17) is 14.2 Å². The summed E-state index contributed by atoms with van der Waals surface area (Å²) in [6.45, 7) is 3.19. The van der Waals surface area contributed by atoms with Crippen LogP contribution in [0.15, 0.2) is 36.9 Å². The number of esters is 1. The van der Waals surface area contributed by atoms with Crippen LogP contribution in [0.2, 0.25) is 0 Å². The quantitative estimate of drug-likeness (QED) is 0.311. The van der Waals surface area contributed by atoms with Gasteiger partial charge in [-0.3, -0.25) is 10.1 Å². The van der Waals surface area contributed by atoms with Crippen molar-refractivity contribution in [2.45, 2.75) is 32.6 Å². The number of nitro groups is 1. The van der Waals surface area contributed by atoms with E-state index in [-0.39, 0.29) is 18.0 Å². The average Bonchev–Trinajstić information content (AvgIpc) is 3.07. The Morgan fingerprint density at radius 2 is 1.92 bits per heavy atom. The highest BCUT2D eigenvalue weighted by Crippen LogP contribution is 2.18. The van der Waals surface area contributed by atoms with Gasteiger partial charge >= 0.3 is 12.1 Å². The number of nitro benzene ring substituents is 1. The van der Waals surface area contributed by atoms with Crippen LogP contribution in [0.4, 0.5) is 10.5 Å². The maximum atomic E-state index is 12.1. The van der Waals surface area contributed by atoms with Crippen molar-refractivity contribution in [2.24, 2.45) is 0 Å². The lowest BCUT2D eigenvalue weighted by Gasteiger charge is -2.17. The molecule has 0 N–H and O–H groups in total. The van der Waals surface area contributed by atoms with Crippen LogP contribution in [0.25, 0.3) is 0 Å². The molecule has 0 radical (unpaired) electrons. The second-order valence-corrected chi connectivity index (χ2v) is 5.31. The van der Waals surface area contributed by atoms with Gasteiger partial charge in [-0.15, -0.1) is 0 Å². The van der Waals surface area contributed by atoms with Crippen molar-refractivity contribution < 1.29 is 28.7 Å². The van der Waals surface area contributed by atoms with Crippen LogP contribution in [0.3, 0.4) is 0 Å². The van der Waals surface area contributed by atoms with Gasteiger partial charge in [0.05, 0.1) is 17.6 Å². The molecule has 0 spiro atoms. The Labute approximate surface area is 147 Å². The van der Waals surface area contributed by atoms with Crippen LogP contribution in [0.1, 0.15) is 13.8 Å². The van der Waals surface area contributed by atoms with Crippen molar-refractivity contribution >= 4 is 17.8 Å². The molecule has 1 aromatic heterocycles. The van der Waals surface area contributed by atoms with Crippen LogP contribution in [0, 0.1) is 10.1 Å². The molecule has 0 aliphatic rings. The number of rotatable bonds is 7. The molecular formula is C15H16N4O7. The minimum Gasteiger partial charge on any atom is -0.460 e. The van der Waals surface area contributed by atoms with Crippen LogP contribution < -0.4 is 4.74 Å². The monoisotopic (exact) mass is 364 g/mol. The van der Waals surface area contributed by atoms with E-state index in [1.54, 1.807) is 13.8 Å². The van der Waals surface area contributed by atoms with Crippen molar-refractivity contribution in [1.82, 2.24) is 14.8 Å². The SMILES string of the molecule is CC(C)OC(=O)[C@@H](Cn1cncn1)OC(=O)Oc1ccc([N+](=O)[O-])cc1. The highest BCUT2D eigenvalue weighted by Gasteiger charge is 2.27. The predicted octanol–water partition coefficient (Wildman–Crippen LogP) is 1.72. The Hall–Kier alpha value is -3.50. The van der Waals surface area contributed by atoms with Crippen molar-refractivity contribution in [3.8, 4) is 5.75 Å². The number of carbonyl (C=O) groups is 2. The molecule has 1 aromatic carbocycles. The van der Waals surface area contributed by atoms with Gasteiger partial charge in [-0.1, -0.05) is 0 Å². The van der Waals surface area contributed by atoms with Crippen molar-refractivity contribution in [3.05, 3.63) is 47.0 Å². The zero-order valence-electron chi connectivity index (χ0n) is 14.0. The summed E-state index contributed by atoms with van der Waals surface area (Å²) in [5, 5.41) is 14.4. The van der Waals surface area contributed by atoms with E-state index in [9.17, 15) is 19.7 Å². The molecule has 0 fully saturated rings. The molecule has 2 rings (SSSR count). The molecule has 11 nitrogen and oxygen atoms in total. The third-order valence-electron chi connectivity index (χ3n) is 2.92. The number of ether oxygens (including phenoxy) is 3. The lowest BCUT2D eigenvalue weighted by atomic mass is 10.3. The molecule has 0 bridgehead atoms. The molecule has 138 valence electrons. The Kier molecular flexibility index (Phi) is 6.20. The first-order valence-electron chi connectivity index (χ1n) is 7.51. The van der Waals surface area contributed by atoms with Crippen LogP contribution >= 0.6 is 0 Å². The lowest BCUT2D eigenvalue weighted by Crippen LogP contribution is -2.35. The van der Waals surface area contributed by atoms with Crippen LogP contribution in [0.5, 0.6) is 5.75 Å². The molecule has 0 saturated carbocycles. The Balaban J connectivity index is 2.02. The first kappa shape index (κ1) is 18.8. The summed E-state index contributed by atoms with van der Waals surface area (Å²) in [4.78, 5) is 37.8. The van der Waals surface area contributed by atoms with Gasteiger partial charge in [-0.25, -0.2) is 19.3 Å². The third-order valence-corrected chi connectivity index (χ3v) is 2.92. The largest absolute Gasteiger partial charge is 0.514 e. The highest BCUT2D eigenvalue weighted by molar-refractivity contribution is 5.78. The molecule has 1 atom stereocenters. The average molecular weight is 364 g/mol. The van der Waals surface area contributed by atoms with Gasteiger partial charge in [-0.05, 0) is 26.0 Å². The van der Waals surface area contributed by atoms with Gasteiger partial charge in [0.25, 0.3) is 5.69 Å². The molecule has 26 heavy (non-hydrogen) atoms. The number of benzene rings is 1. The molecule has 0 amide bonds. The number of carbonyl (C=O) groups excluding carboxylic acids is 2. The number of aromatic nitrogens is 3. The summed E-state index contributed by atoms with van der Waals surface area (Å²) in [5.74, 6) is -0.742. The molecule has 0 aliphatic carbocycles. The fraction of sp³-hybridized carbons (Fsp3) is 0.333. The number of hydrogen-bond donors (Lipinski definition) is 0. The van der Waals surface area contributed by atoms with Gasteiger partial charge in [0.1, 0.15) is 18.4 Å². The minimum absolute atomic E-state index is 0.0253. The number of non-ortho nitro benzene ring substituents is 1. The Bertz CT molecular complexity index is 759.